The van der Waals surface area contributed by atoms with Crippen LogP contribution in [0.15, 0.2) is 0 Å². The van der Waals surface area contributed by atoms with E-state index in [1.165, 1.54) is 6.92 Å². The number of hydrogen-bond acceptors (Lipinski definition) is 6. The van der Waals surface area contributed by atoms with Crippen molar-refractivity contribution < 1.29 is 30.0 Å². The summed E-state index contributed by atoms with van der Waals surface area (Å²) in [5.74, 6) is -0.462. The first-order valence-corrected chi connectivity index (χ1v) is 4.55. The second kappa shape index (κ2) is 4.86. The van der Waals surface area contributed by atoms with Crippen molar-refractivity contribution in [3.8, 4) is 0 Å². The summed E-state index contributed by atoms with van der Waals surface area (Å²) in [6.07, 6.45) is -5.24. The van der Waals surface area contributed by atoms with Crippen molar-refractivity contribution in [3.05, 3.63) is 0 Å². The van der Waals surface area contributed by atoms with Gasteiger partial charge in [0.25, 0.3) is 0 Å². The molecule has 0 aliphatic carbocycles. The largest absolute Gasteiger partial charge is 0.394 e. The highest BCUT2D eigenvalue weighted by atomic mass is 16.6. The lowest BCUT2D eigenvalue weighted by atomic mass is 9.97. The topological polar surface area (TPSA) is 119 Å². The lowest BCUT2D eigenvalue weighted by Gasteiger charge is -2.40. The molecule has 1 aliphatic heterocycles. The molecule has 5 N–H and O–H groups in total. The molecule has 0 saturated carbocycles. The van der Waals surface area contributed by atoms with Crippen LogP contribution in [-0.2, 0) is 9.53 Å². The summed E-state index contributed by atoms with van der Waals surface area (Å²) in [6, 6.07) is -1.10. The van der Waals surface area contributed by atoms with Crippen LogP contribution in [0, 0.1) is 0 Å². The molecule has 7 heteroatoms. The SMILES string of the molecule is CC(=O)NC1C(O)OC(CO)C(O)[C@H]1O. The zero-order valence-corrected chi connectivity index (χ0v) is 8.20. The summed E-state index contributed by atoms with van der Waals surface area (Å²) in [5.41, 5.74) is 0. The molecule has 7 nitrogen and oxygen atoms in total. The Morgan fingerprint density at radius 1 is 1.33 bits per heavy atom. The molecule has 88 valence electrons. The predicted molar refractivity (Wildman–Crippen MR) is 47.6 cm³/mol. The van der Waals surface area contributed by atoms with Crippen molar-refractivity contribution in [3.63, 3.8) is 0 Å². The third-order valence-electron chi connectivity index (χ3n) is 2.27. The molecule has 0 radical (unpaired) electrons. The fourth-order valence-corrected chi connectivity index (χ4v) is 1.49. The molecule has 1 fully saturated rings. The van der Waals surface area contributed by atoms with Gasteiger partial charge >= 0.3 is 0 Å². The van der Waals surface area contributed by atoms with E-state index in [0.29, 0.717) is 0 Å². The molecule has 1 amide bonds. The Hall–Kier alpha value is -0.730. The number of carbonyl (C=O) groups excluding carboxylic acids is 1. The first kappa shape index (κ1) is 12.3. The van der Waals surface area contributed by atoms with Crippen molar-refractivity contribution in [2.45, 2.75) is 37.6 Å². The first-order chi connectivity index (χ1) is 6.97. The van der Waals surface area contributed by atoms with E-state index in [1.54, 1.807) is 0 Å². The maximum Gasteiger partial charge on any atom is 0.217 e. The molecule has 15 heavy (non-hydrogen) atoms. The Balaban J connectivity index is 2.70. The summed E-state index contributed by atoms with van der Waals surface area (Å²) >= 11 is 0. The fourth-order valence-electron chi connectivity index (χ4n) is 1.49. The maximum atomic E-state index is 10.7. The van der Waals surface area contributed by atoms with E-state index in [0.717, 1.165) is 0 Å². The molecule has 0 aromatic carbocycles. The van der Waals surface area contributed by atoms with Crippen LogP contribution in [0.3, 0.4) is 0 Å². The molecule has 1 rings (SSSR count). The van der Waals surface area contributed by atoms with Crippen molar-refractivity contribution >= 4 is 5.91 Å². The average Bonchev–Trinajstić information content (AvgIpc) is 2.18. The number of aliphatic hydroxyl groups excluding tert-OH is 4. The molecule has 0 aromatic heterocycles. The Morgan fingerprint density at radius 2 is 1.93 bits per heavy atom. The van der Waals surface area contributed by atoms with E-state index in [9.17, 15) is 20.1 Å². The van der Waals surface area contributed by atoms with Crippen molar-refractivity contribution in [2.75, 3.05) is 6.61 Å². The average molecular weight is 221 g/mol. The minimum atomic E-state index is -1.45. The van der Waals surface area contributed by atoms with Crippen molar-refractivity contribution in [1.29, 1.82) is 0 Å². The van der Waals surface area contributed by atoms with E-state index in [1.807, 2.05) is 0 Å². The van der Waals surface area contributed by atoms with Crippen LogP contribution < -0.4 is 5.32 Å². The lowest BCUT2D eigenvalue weighted by molar-refractivity contribution is -0.253. The number of aliphatic hydroxyl groups is 4. The van der Waals surface area contributed by atoms with Crippen LogP contribution in [0.25, 0.3) is 0 Å². The van der Waals surface area contributed by atoms with E-state index >= 15 is 0 Å². The number of hydrogen-bond donors (Lipinski definition) is 5. The van der Waals surface area contributed by atoms with E-state index < -0.39 is 43.2 Å². The summed E-state index contributed by atoms with van der Waals surface area (Å²) < 4.78 is 4.81. The van der Waals surface area contributed by atoms with Gasteiger partial charge in [0.1, 0.15) is 24.4 Å². The van der Waals surface area contributed by atoms with Gasteiger partial charge < -0.3 is 30.5 Å². The summed E-state index contributed by atoms with van der Waals surface area (Å²) in [4.78, 5) is 10.7. The second-order valence-corrected chi connectivity index (χ2v) is 3.46. The van der Waals surface area contributed by atoms with Crippen molar-refractivity contribution in [2.24, 2.45) is 0 Å². The number of amides is 1. The van der Waals surface area contributed by atoms with Gasteiger partial charge in [-0.05, 0) is 0 Å². The summed E-state index contributed by atoms with van der Waals surface area (Å²) in [7, 11) is 0. The van der Waals surface area contributed by atoms with Crippen LogP contribution in [0.1, 0.15) is 6.92 Å². The van der Waals surface area contributed by atoms with Gasteiger partial charge in [-0.25, -0.2) is 0 Å². The van der Waals surface area contributed by atoms with Gasteiger partial charge in [-0.3, -0.25) is 4.79 Å². The lowest BCUT2D eigenvalue weighted by Crippen LogP contribution is -2.63. The Morgan fingerprint density at radius 3 is 2.40 bits per heavy atom. The van der Waals surface area contributed by atoms with Gasteiger partial charge in [0.2, 0.25) is 5.91 Å². The maximum absolute atomic E-state index is 10.7. The van der Waals surface area contributed by atoms with Crippen LogP contribution in [0.4, 0.5) is 0 Å². The van der Waals surface area contributed by atoms with Gasteiger partial charge in [-0.2, -0.15) is 0 Å². The fraction of sp³-hybridized carbons (Fsp3) is 0.875. The molecule has 0 aromatic rings. The summed E-state index contributed by atoms with van der Waals surface area (Å²) in [5, 5.41) is 39.4. The van der Waals surface area contributed by atoms with E-state index in [-0.39, 0.29) is 0 Å². The Kier molecular flexibility index (Phi) is 4.00. The minimum Gasteiger partial charge on any atom is -0.394 e. The van der Waals surface area contributed by atoms with Gasteiger partial charge in [0.05, 0.1) is 6.61 Å². The Labute approximate surface area is 86.3 Å². The molecular formula is C8H15NO6. The molecule has 0 spiro atoms. The highest BCUT2D eigenvalue weighted by Gasteiger charge is 2.43. The molecule has 0 bridgehead atoms. The highest BCUT2D eigenvalue weighted by molar-refractivity contribution is 5.73. The van der Waals surface area contributed by atoms with Gasteiger partial charge in [-0.1, -0.05) is 0 Å². The highest BCUT2D eigenvalue weighted by Crippen LogP contribution is 2.19. The smallest absolute Gasteiger partial charge is 0.217 e. The number of carbonyl (C=O) groups is 1. The van der Waals surface area contributed by atoms with Gasteiger partial charge in [0, 0.05) is 6.92 Å². The molecular weight excluding hydrogens is 206 g/mol. The molecule has 1 saturated heterocycles. The molecule has 4 unspecified atom stereocenters. The zero-order valence-electron chi connectivity index (χ0n) is 8.20. The predicted octanol–water partition coefficient (Wildman–Crippen LogP) is -3.08. The normalized spacial score (nSPS) is 41.3. The van der Waals surface area contributed by atoms with E-state index in [4.69, 9.17) is 9.84 Å². The number of rotatable bonds is 2. The standard InChI is InChI=1S/C8H15NO6/c1-3(11)9-5-7(13)6(12)4(2-10)15-8(5)14/h4-8,10,12-14H,2H2,1H3,(H,9,11)/t4?,5?,6?,7-,8?/m0/s1. The Bertz CT molecular complexity index is 235. The molecule has 1 aliphatic rings. The van der Waals surface area contributed by atoms with Crippen LogP contribution in [-0.4, -0.2) is 63.6 Å². The van der Waals surface area contributed by atoms with Crippen LogP contribution in [0.2, 0.25) is 0 Å². The van der Waals surface area contributed by atoms with Crippen LogP contribution in [0.5, 0.6) is 0 Å². The summed E-state index contributed by atoms with van der Waals surface area (Å²) in [6.45, 7) is 0.687. The van der Waals surface area contributed by atoms with Crippen LogP contribution >= 0.6 is 0 Å². The van der Waals surface area contributed by atoms with Gasteiger partial charge in [-0.15, -0.1) is 0 Å². The van der Waals surface area contributed by atoms with E-state index in [2.05, 4.69) is 5.32 Å². The first-order valence-electron chi connectivity index (χ1n) is 4.55. The number of ether oxygens (including phenoxy) is 1. The molecule has 5 atom stereocenters. The third-order valence-corrected chi connectivity index (χ3v) is 2.27. The minimum absolute atomic E-state index is 0.462. The monoisotopic (exact) mass is 221 g/mol. The van der Waals surface area contributed by atoms with Gasteiger partial charge in [0.15, 0.2) is 6.29 Å². The van der Waals surface area contributed by atoms with Crippen molar-refractivity contribution in [1.82, 2.24) is 5.32 Å². The second-order valence-electron chi connectivity index (χ2n) is 3.46. The third kappa shape index (κ3) is 2.64. The quantitative estimate of drug-likeness (QED) is 0.337. The number of nitrogens with one attached hydrogen (secondary N) is 1. The zero-order chi connectivity index (χ0) is 11.6. The molecule has 1 heterocycles.